The van der Waals surface area contributed by atoms with Gasteiger partial charge in [0.15, 0.2) is 0 Å². The normalized spacial score (nSPS) is 14.6. The molecule has 0 saturated heterocycles. The fraction of sp³-hybridized carbons (Fsp3) is 0.147. The van der Waals surface area contributed by atoms with E-state index in [0.717, 1.165) is 35.0 Å². The average Bonchev–Trinajstić information content (AvgIpc) is 3.75. The highest BCUT2D eigenvalue weighted by atomic mass is 15.1. The van der Waals surface area contributed by atoms with Gasteiger partial charge in [-0.25, -0.2) is 0 Å². The number of anilines is 3. The fourth-order valence-electron chi connectivity index (χ4n) is 9.43. The number of nitrogens with zero attached hydrogens (tertiary/aromatic N) is 3. The number of benzene rings is 8. The molecule has 0 spiro atoms. The van der Waals surface area contributed by atoms with Crippen LogP contribution in [0.2, 0.25) is 0 Å². The molecule has 352 valence electrons. The lowest BCUT2D eigenvalue weighted by Crippen LogP contribution is -2.48. The van der Waals surface area contributed by atoms with Crippen molar-refractivity contribution in [1.29, 1.82) is 10.5 Å². The molecule has 2 atom stereocenters. The highest BCUT2D eigenvalue weighted by molar-refractivity contribution is 6.99. The van der Waals surface area contributed by atoms with Crippen molar-refractivity contribution in [3.05, 3.63) is 264 Å². The summed E-state index contributed by atoms with van der Waals surface area (Å²) < 4.78 is 0. The maximum absolute atomic E-state index is 9.31. The molecule has 11 rings (SSSR count). The zero-order valence-electron chi connectivity index (χ0n) is 42.4. The van der Waals surface area contributed by atoms with Crippen molar-refractivity contribution in [2.75, 3.05) is 4.90 Å². The second-order valence-corrected chi connectivity index (χ2v) is 19.1. The molecule has 72 heavy (non-hydrogen) atoms. The highest BCUT2D eigenvalue weighted by Crippen LogP contribution is 2.38. The summed E-state index contributed by atoms with van der Waals surface area (Å²) in [5, 5.41) is 17.7. The third-order valence-electron chi connectivity index (χ3n) is 13.5. The van der Waals surface area contributed by atoms with Gasteiger partial charge in [0, 0.05) is 22.6 Å². The minimum atomic E-state index is 0.141. The first-order valence-electron chi connectivity index (χ1n) is 25.1. The summed E-state index contributed by atoms with van der Waals surface area (Å²) >= 11 is 0. The van der Waals surface area contributed by atoms with Gasteiger partial charge in [-0.05, 0) is 151 Å². The predicted octanol–water partition coefficient (Wildman–Crippen LogP) is 15.9. The fourth-order valence-corrected chi connectivity index (χ4v) is 9.43. The topological polar surface area (TPSA) is 50.8 Å². The second kappa shape index (κ2) is 23.9. The van der Waals surface area contributed by atoms with Gasteiger partial charge in [-0.1, -0.05) is 217 Å². The Morgan fingerprint density at radius 2 is 1.07 bits per heavy atom. The van der Waals surface area contributed by atoms with E-state index >= 15 is 0 Å². The number of rotatable bonds is 6. The maximum atomic E-state index is 9.31. The molecule has 0 radical (unpaired) electrons. The lowest BCUT2D eigenvalue weighted by molar-refractivity contribution is 0.733. The minimum Gasteiger partial charge on any atom is -0.310 e. The Morgan fingerprint density at radius 3 is 1.69 bits per heavy atom. The molecule has 3 nitrogen and oxygen atoms in total. The van der Waals surface area contributed by atoms with Crippen LogP contribution >= 0.6 is 0 Å². The van der Waals surface area contributed by atoms with E-state index in [0.29, 0.717) is 11.5 Å². The molecule has 2 unspecified atom stereocenters. The maximum Gasteiger partial charge on any atom is 0.242 e. The van der Waals surface area contributed by atoms with Crippen LogP contribution in [0.25, 0.3) is 33.4 Å². The van der Waals surface area contributed by atoms with Gasteiger partial charge < -0.3 is 4.90 Å². The Balaban J connectivity index is 0.000000180. The summed E-state index contributed by atoms with van der Waals surface area (Å²) in [7, 11) is 0. The van der Waals surface area contributed by atoms with Crippen LogP contribution in [0.3, 0.4) is 0 Å². The van der Waals surface area contributed by atoms with E-state index < -0.39 is 0 Å². The summed E-state index contributed by atoms with van der Waals surface area (Å²) in [6.07, 6.45) is 16.8. The van der Waals surface area contributed by atoms with E-state index in [1.165, 1.54) is 78.4 Å². The Labute approximate surface area is 429 Å². The molecule has 0 bridgehead atoms. The smallest absolute Gasteiger partial charge is 0.242 e. The first-order valence-corrected chi connectivity index (χ1v) is 25.1. The molecule has 8 aromatic carbocycles. The van der Waals surface area contributed by atoms with Crippen molar-refractivity contribution in [2.45, 2.75) is 54.4 Å². The van der Waals surface area contributed by atoms with Gasteiger partial charge in [0.25, 0.3) is 0 Å². The van der Waals surface area contributed by atoms with Crippen LogP contribution in [-0.4, -0.2) is 6.71 Å². The van der Waals surface area contributed by atoms with E-state index in [1.807, 2.05) is 24.3 Å². The lowest BCUT2D eigenvalue weighted by Gasteiger charge is -2.26. The van der Waals surface area contributed by atoms with Crippen LogP contribution in [0.1, 0.15) is 54.5 Å². The van der Waals surface area contributed by atoms with Crippen LogP contribution < -0.4 is 21.3 Å². The lowest BCUT2D eigenvalue weighted by atomic mass is 9.39. The highest BCUT2D eigenvalue weighted by Gasteiger charge is 2.33. The van der Waals surface area contributed by atoms with Crippen LogP contribution in [-0.2, 0) is 0 Å². The van der Waals surface area contributed by atoms with Crippen LogP contribution in [0.5, 0.6) is 0 Å². The number of allylic oxidation sites excluding steroid dienone is 8. The standard InChI is InChI=1S/C38H27BN2.C15H16.C8H9N.C7H10/c1-27-11-15-29(16-12-27)30-17-21-33(22-18-30)41(32-7-3-2-4-8-32)34-23-24-38-36(25-34)35-9-5-6-10-37(35)39(38)31-19-13-28(26-40)14-20-31;1-11-8-9-13(3)15(10-11)14-7-5-4-6-12(14)2;1-7-2-4-8(6-9)5-3-7;1-7-5-3-2-4-6-7/h2-25H,1H3;4-10H,1-3H3;2,4-5,7H,3H2,1H3;2-5,7H,6H2,1H3. The van der Waals surface area contributed by atoms with E-state index in [9.17, 15) is 5.26 Å². The summed E-state index contributed by atoms with van der Waals surface area (Å²) in [4.78, 5) is 2.33. The first-order chi connectivity index (χ1) is 35.1. The van der Waals surface area contributed by atoms with Crippen LogP contribution in [0, 0.1) is 62.2 Å². The Hall–Kier alpha value is -8.44. The summed E-state index contributed by atoms with van der Waals surface area (Å²) in [5.74, 6) is 1.38. The third-order valence-corrected chi connectivity index (χ3v) is 13.5. The first kappa shape index (κ1) is 50.0. The van der Waals surface area contributed by atoms with E-state index in [2.05, 4.69) is 265 Å². The summed E-state index contributed by atoms with van der Waals surface area (Å²) in [6, 6.07) is 71.2. The molecule has 0 N–H and O–H groups in total. The zero-order valence-corrected chi connectivity index (χ0v) is 42.4. The minimum absolute atomic E-state index is 0.141. The number of nitriles is 2. The quantitative estimate of drug-likeness (QED) is 0.156. The number of aryl methyl sites for hydroxylation is 4. The van der Waals surface area contributed by atoms with Crippen molar-refractivity contribution < 1.29 is 0 Å². The van der Waals surface area contributed by atoms with Crippen LogP contribution in [0.4, 0.5) is 17.1 Å². The van der Waals surface area contributed by atoms with Crippen molar-refractivity contribution >= 4 is 40.2 Å². The van der Waals surface area contributed by atoms with Crippen molar-refractivity contribution in [3.63, 3.8) is 0 Å². The molecule has 2 aliphatic carbocycles. The number of hydrogen-bond donors (Lipinski definition) is 0. The van der Waals surface area contributed by atoms with E-state index in [1.54, 1.807) is 0 Å². The van der Waals surface area contributed by atoms with E-state index in [-0.39, 0.29) is 6.71 Å². The second-order valence-electron chi connectivity index (χ2n) is 19.1. The van der Waals surface area contributed by atoms with Gasteiger partial charge in [-0.15, -0.1) is 0 Å². The van der Waals surface area contributed by atoms with Crippen molar-refractivity contribution in [3.8, 4) is 45.5 Å². The molecule has 0 amide bonds. The van der Waals surface area contributed by atoms with Gasteiger partial charge in [0.1, 0.15) is 0 Å². The number of fused-ring (bicyclic) bond motifs is 3. The molecule has 8 aromatic rings. The van der Waals surface area contributed by atoms with Gasteiger partial charge in [-0.3, -0.25) is 0 Å². The van der Waals surface area contributed by atoms with Gasteiger partial charge >= 0.3 is 0 Å². The van der Waals surface area contributed by atoms with Gasteiger partial charge in [0.2, 0.25) is 6.71 Å². The third kappa shape index (κ3) is 12.3. The molecule has 1 heterocycles. The Bertz CT molecular complexity index is 3330. The van der Waals surface area contributed by atoms with Gasteiger partial charge in [0.05, 0.1) is 17.7 Å². The van der Waals surface area contributed by atoms with Crippen LogP contribution in [0.15, 0.2) is 236 Å². The molecule has 3 aliphatic rings. The Kier molecular flexibility index (Phi) is 16.6. The van der Waals surface area contributed by atoms with Gasteiger partial charge in [-0.2, -0.15) is 10.5 Å². The SMILES string of the molecule is CC1C=CC(C#N)=CC1.CC1C=CC=CC1.Cc1ccc(-c2ccc(N(c3ccccc3)c3ccc4c(c3)-c3ccccc3B4c3ccc(C#N)cc3)cc2)cc1.Cc1ccc(C)c(-c2ccccc2C)c1. The van der Waals surface area contributed by atoms with E-state index in [4.69, 9.17) is 5.26 Å². The molecular formula is C68H62BN3. The molecule has 0 saturated carbocycles. The molecule has 0 fully saturated rings. The average molecular weight is 932 g/mol. The largest absolute Gasteiger partial charge is 0.310 e. The van der Waals surface area contributed by atoms with Crippen molar-refractivity contribution in [1.82, 2.24) is 0 Å². The Morgan fingerprint density at radius 1 is 0.472 bits per heavy atom. The van der Waals surface area contributed by atoms with Crippen molar-refractivity contribution in [2.24, 2.45) is 11.8 Å². The molecule has 0 aromatic heterocycles. The number of para-hydroxylation sites is 1. The molecule has 4 heteroatoms. The molecular weight excluding hydrogens is 870 g/mol. The zero-order chi connectivity index (χ0) is 50.4. The number of hydrogen-bond acceptors (Lipinski definition) is 3. The summed E-state index contributed by atoms with van der Waals surface area (Å²) in [6.45, 7) is 13.1. The predicted molar refractivity (Wildman–Crippen MR) is 307 cm³/mol. The summed E-state index contributed by atoms with van der Waals surface area (Å²) in [5.41, 5.74) is 21.5. The molecule has 1 aliphatic heterocycles. The monoisotopic (exact) mass is 932 g/mol.